The molecular formula is C58H84N10O17S. The molecule has 12 N–H and O–H groups in total. The summed E-state index contributed by atoms with van der Waals surface area (Å²) in [5, 5.41) is 64.7. The van der Waals surface area contributed by atoms with Crippen LogP contribution in [-0.4, -0.2) is 230 Å². The lowest BCUT2D eigenvalue weighted by Gasteiger charge is -2.33. The zero-order chi connectivity index (χ0) is 63.1. The fourth-order valence-corrected chi connectivity index (χ4v) is 10.5. The molecule has 1 heterocycles. The minimum absolute atomic E-state index is 0.0178. The minimum Gasteiger partial charge on any atom is -0.481 e. The third-order valence-electron chi connectivity index (χ3n) is 15.0. The number of carboxylic acids is 5. The van der Waals surface area contributed by atoms with Gasteiger partial charge in [-0.3, -0.25) is 58.0 Å². The molecule has 4 atom stereocenters. The molecule has 28 heteroatoms. The first-order valence-electron chi connectivity index (χ1n) is 28.9. The van der Waals surface area contributed by atoms with Crippen LogP contribution in [0.4, 0.5) is 4.79 Å². The molecule has 1 aliphatic heterocycles. The van der Waals surface area contributed by atoms with Crippen LogP contribution in [0.5, 0.6) is 0 Å². The van der Waals surface area contributed by atoms with Crippen molar-refractivity contribution >= 4 is 87.4 Å². The normalized spacial score (nSPS) is 18.4. The van der Waals surface area contributed by atoms with E-state index in [1.54, 1.807) is 39.9 Å². The van der Waals surface area contributed by atoms with Gasteiger partial charge in [0.2, 0.25) is 28.7 Å². The van der Waals surface area contributed by atoms with Crippen molar-refractivity contribution in [1.29, 1.82) is 0 Å². The summed E-state index contributed by atoms with van der Waals surface area (Å²) in [6, 6.07) is 7.35. The number of allylic oxidation sites excluding steroid dienone is 3. The molecule has 1 saturated carbocycles. The lowest BCUT2D eigenvalue weighted by atomic mass is 9.81. The Kier molecular flexibility index (Phi) is 31.2. The molecule has 86 heavy (non-hydrogen) atoms. The molecule has 0 spiro atoms. The molecule has 0 radical (unpaired) electrons. The maximum Gasteiger partial charge on any atom is 0.326 e. The Morgan fingerprint density at radius 1 is 0.593 bits per heavy atom. The zero-order valence-corrected chi connectivity index (χ0v) is 49.6. The number of nitrogens with one attached hydrogen (secondary N) is 6. The number of benzene rings is 2. The van der Waals surface area contributed by atoms with Gasteiger partial charge in [-0.2, -0.15) is 0 Å². The average Bonchev–Trinajstić information content (AvgIpc) is 3.47. The van der Waals surface area contributed by atoms with Crippen LogP contribution in [0.3, 0.4) is 0 Å². The molecule has 27 nitrogen and oxygen atoms in total. The van der Waals surface area contributed by atoms with Gasteiger partial charge in [0, 0.05) is 90.6 Å². The Balaban J connectivity index is 1.32. The van der Waals surface area contributed by atoms with Crippen molar-refractivity contribution in [3.8, 4) is 0 Å². The molecule has 2 aliphatic rings. The maximum absolute atomic E-state index is 13.9. The van der Waals surface area contributed by atoms with Crippen molar-refractivity contribution in [2.45, 2.75) is 109 Å². The molecule has 474 valence electrons. The number of nitrogens with zero attached hydrogens (tertiary/aromatic N) is 4. The molecule has 1 saturated heterocycles. The van der Waals surface area contributed by atoms with Crippen LogP contribution < -0.4 is 31.9 Å². The van der Waals surface area contributed by atoms with Gasteiger partial charge in [0.05, 0.1) is 38.2 Å². The lowest BCUT2D eigenvalue weighted by Crippen LogP contribution is -2.51. The van der Waals surface area contributed by atoms with E-state index in [0.29, 0.717) is 32.2 Å². The summed E-state index contributed by atoms with van der Waals surface area (Å²) in [6.45, 7) is 4.96. The van der Waals surface area contributed by atoms with E-state index in [1.165, 1.54) is 0 Å². The van der Waals surface area contributed by atoms with Gasteiger partial charge < -0.3 is 62.0 Å². The average molecular weight is 1230 g/mol. The number of amides is 6. The van der Waals surface area contributed by atoms with E-state index in [4.69, 9.17) is 5.11 Å². The lowest BCUT2D eigenvalue weighted by molar-refractivity contribution is -0.141. The first-order chi connectivity index (χ1) is 41.0. The largest absolute Gasteiger partial charge is 0.481 e. The third kappa shape index (κ3) is 26.8. The topological polar surface area (TPSA) is 394 Å². The highest BCUT2D eigenvalue weighted by molar-refractivity contribution is 8.08. The molecule has 0 bridgehead atoms. The molecule has 1 aliphatic carbocycles. The molecule has 2 fully saturated rings. The number of carbonyl (C=O) groups is 11. The van der Waals surface area contributed by atoms with E-state index < -0.39 is 95.7 Å². The van der Waals surface area contributed by atoms with Crippen LogP contribution >= 0.6 is 12.0 Å². The second-order valence-electron chi connectivity index (χ2n) is 21.6. The fraction of sp³-hybridized carbons (Fsp3) is 0.569. The molecule has 0 unspecified atom stereocenters. The van der Waals surface area contributed by atoms with Crippen molar-refractivity contribution in [1.82, 2.24) is 51.5 Å². The SMILES string of the molecule is C/C=C\C(=C/C)C[C@H](NC(=O)CN1CCN(CC(=O)O)CCN(CC(=O)NC[C@H]2CC[C@H](C(=O)N[C@@H](Cc3ccc4ccccc4c3)C(=O)NCCCC[C@H](NC(=O)N[C@@H](CCC(=O)O)C(=O)O)C(=O)O)CC2)CCN(CC(=O)O)CC1)C(=O)SO. The number of hydrogen-bond donors (Lipinski definition) is 12. The summed E-state index contributed by atoms with van der Waals surface area (Å²) in [5.74, 6) is -8.27. The highest BCUT2D eigenvalue weighted by Gasteiger charge is 2.32. The van der Waals surface area contributed by atoms with E-state index in [0.717, 1.165) is 21.9 Å². The molecular weight excluding hydrogens is 1140 g/mol. The summed E-state index contributed by atoms with van der Waals surface area (Å²) in [6.07, 6.45) is 7.30. The first-order valence-corrected chi connectivity index (χ1v) is 29.7. The Labute approximate surface area is 503 Å². The van der Waals surface area contributed by atoms with Gasteiger partial charge in [-0.25, -0.2) is 14.4 Å². The summed E-state index contributed by atoms with van der Waals surface area (Å²) < 4.78 is 9.55. The van der Waals surface area contributed by atoms with Crippen LogP contribution in [0.1, 0.15) is 83.6 Å². The van der Waals surface area contributed by atoms with Gasteiger partial charge in [-0.15, -0.1) is 0 Å². The first kappa shape index (κ1) is 71.0. The summed E-state index contributed by atoms with van der Waals surface area (Å²) in [7, 11) is 0. The van der Waals surface area contributed by atoms with Crippen LogP contribution in [0.15, 0.2) is 66.3 Å². The number of rotatable bonds is 32. The standard InChI is InChI=1S/C58H84N10O17S/c1-3-9-38(4-2)31-47(57(83)86-85)61-49(70)35-66-24-28-67(36-51(73)74)26-22-65(23-27-68(29-25-66)37-52(75)76)34-48(69)60-33-39-13-17-42(18-14-39)53(77)62-46(32-40-15-16-41-10-5-6-11-43(41)30-40)54(78)59-21-8-7-12-44(55(79)80)63-58(84)64-45(56(81)82)19-20-50(71)72/h3-6,9-11,15-16,30,39,42,44-47,85H,7-8,12-14,17-29,31-37H2,1-2H3,(H,59,78)(H,60,69)(H,61,70)(H,62,77)(H,71,72)(H,73,74)(H,75,76)(H,79,80)(H,81,82)(H2,63,64,84)/b9-3-,38-4+/t39-,42-,44-,45-,46-,47-/m0/s1. The van der Waals surface area contributed by atoms with Gasteiger partial charge in [0.25, 0.3) is 0 Å². The summed E-state index contributed by atoms with van der Waals surface area (Å²) in [5.41, 5.74) is 1.56. The van der Waals surface area contributed by atoms with Crippen LogP contribution in [-0.2, 0) is 54.4 Å². The Morgan fingerprint density at radius 3 is 1.66 bits per heavy atom. The van der Waals surface area contributed by atoms with Crippen LogP contribution in [0.25, 0.3) is 10.8 Å². The van der Waals surface area contributed by atoms with Crippen molar-refractivity contribution in [2.24, 2.45) is 11.8 Å². The van der Waals surface area contributed by atoms with Crippen LogP contribution in [0, 0.1) is 11.8 Å². The minimum atomic E-state index is -1.56. The van der Waals surface area contributed by atoms with E-state index in [2.05, 4.69) is 31.9 Å². The van der Waals surface area contributed by atoms with Gasteiger partial charge in [-0.1, -0.05) is 66.3 Å². The number of unbranched alkanes of at least 4 members (excludes halogenated alkanes) is 1. The molecule has 4 rings (SSSR count). The highest BCUT2D eigenvalue weighted by Crippen LogP contribution is 2.29. The quantitative estimate of drug-likeness (QED) is 0.0282. The van der Waals surface area contributed by atoms with Crippen molar-refractivity contribution < 1.29 is 82.8 Å². The Hall–Kier alpha value is -7.50. The number of fused-ring (bicyclic) bond motifs is 1. The van der Waals surface area contributed by atoms with E-state index >= 15 is 0 Å². The van der Waals surface area contributed by atoms with E-state index in [9.17, 15) is 77.7 Å². The molecule has 2 aromatic carbocycles. The van der Waals surface area contributed by atoms with Gasteiger partial charge >= 0.3 is 35.9 Å². The Morgan fingerprint density at radius 2 is 1.14 bits per heavy atom. The zero-order valence-electron chi connectivity index (χ0n) is 48.8. The molecule has 6 amide bonds. The van der Waals surface area contributed by atoms with Crippen LogP contribution in [0.2, 0.25) is 0 Å². The number of carbonyl (C=O) groups excluding carboxylic acids is 6. The molecule has 2 aromatic rings. The van der Waals surface area contributed by atoms with E-state index in [1.807, 2.05) is 54.3 Å². The maximum atomic E-state index is 13.9. The predicted octanol–water partition coefficient (Wildman–Crippen LogP) is 1.67. The Bertz CT molecular complexity index is 2670. The number of aliphatic carboxylic acids is 5. The van der Waals surface area contributed by atoms with Gasteiger partial charge in [0.15, 0.2) is 0 Å². The number of carboxylic acid groups (broad SMARTS) is 5. The van der Waals surface area contributed by atoms with Gasteiger partial charge in [0.1, 0.15) is 24.2 Å². The van der Waals surface area contributed by atoms with E-state index in [-0.39, 0.29) is 147 Å². The summed E-state index contributed by atoms with van der Waals surface area (Å²) in [4.78, 5) is 145. The summed E-state index contributed by atoms with van der Waals surface area (Å²) >= 11 is 0.0178. The third-order valence-corrected chi connectivity index (χ3v) is 15.5. The second-order valence-corrected chi connectivity index (χ2v) is 22.2. The number of urea groups is 1. The fourth-order valence-electron chi connectivity index (χ4n) is 10.2. The predicted molar refractivity (Wildman–Crippen MR) is 318 cm³/mol. The monoisotopic (exact) mass is 1220 g/mol. The second kappa shape index (κ2) is 37.8. The van der Waals surface area contributed by atoms with Crippen molar-refractivity contribution in [2.75, 3.05) is 91.6 Å². The molecule has 0 aromatic heterocycles. The van der Waals surface area contributed by atoms with Crippen molar-refractivity contribution in [3.63, 3.8) is 0 Å². The highest BCUT2D eigenvalue weighted by atomic mass is 32.2. The van der Waals surface area contributed by atoms with Crippen molar-refractivity contribution in [3.05, 3.63) is 71.8 Å². The number of hydrogen-bond acceptors (Lipinski definition) is 17. The smallest absolute Gasteiger partial charge is 0.326 e. The van der Waals surface area contributed by atoms with Gasteiger partial charge in [-0.05, 0) is 87.5 Å².